The van der Waals surface area contributed by atoms with Crippen LogP contribution >= 0.6 is 7.82 Å². The van der Waals surface area contributed by atoms with Crippen LogP contribution in [0.2, 0.25) is 0 Å². The fourth-order valence-corrected chi connectivity index (χ4v) is 7.08. The summed E-state index contributed by atoms with van der Waals surface area (Å²) < 4.78 is 25.8. The van der Waals surface area contributed by atoms with E-state index >= 15 is 0 Å². The maximum atomic E-state index is 11.9. The van der Waals surface area contributed by atoms with Gasteiger partial charge in [0.1, 0.15) is 12.7 Å². The van der Waals surface area contributed by atoms with E-state index in [2.05, 4.69) is 76.7 Å². The van der Waals surface area contributed by atoms with Crippen molar-refractivity contribution in [2.24, 2.45) is 5.73 Å². The summed E-state index contributed by atoms with van der Waals surface area (Å²) in [7, 11) is -4.25. The third-order valence-electron chi connectivity index (χ3n) is 9.65. The molecule has 0 saturated heterocycles. The van der Waals surface area contributed by atoms with Gasteiger partial charge in [0.05, 0.1) is 13.2 Å². The molecule has 0 spiro atoms. The Balaban J connectivity index is 3.31. The van der Waals surface area contributed by atoms with E-state index < -0.39 is 20.5 Å². The molecule has 9 heteroatoms. The van der Waals surface area contributed by atoms with Crippen LogP contribution in [-0.2, 0) is 23.1 Å². The first-order chi connectivity index (χ1) is 27.4. The van der Waals surface area contributed by atoms with Gasteiger partial charge in [0, 0.05) is 13.0 Å². The van der Waals surface area contributed by atoms with Crippen LogP contribution in [-0.4, -0.2) is 48.4 Å². The monoisotopic (exact) mass is 808 g/mol. The number of allylic oxidation sites excluding steroid dienone is 10. The first kappa shape index (κ1) is 54.2. The van der Waals surface area contributed by atoms with Gasteiger partial charge in [-0.1, -0.05) is 203 Å². The van der Waals surface area contributed by atoms with E-state index in [4.69, 9.17) is 10.5 Å². The number of aliphatic hydroxyl groups is 1. The summed E-state index contributed by atoms with van der Waals surface area (Å²) in [6.07, 6.45) is 58.6. The van der Waals surface area contributed by atoms with Crippen LogP contribution in [0.4, 0.5) is 0 Å². The second-order valence-corrected chi connectivity index (χ2v) is 16.6. The highest BCUT2D eigenvalue weighted by Gasteiger charge is 2.22. The highest BCUT2D eigenvalue weighted by Crippen LogP contribution is 2.42. The molecule has 0 aromatic rings. The second-order valence-electron chi connectivity index (χ2n) is 15.1. The Labute approximate surface area is 344 Å². The van der Waals surface area contributed by atoms with E-state index in [1.54, 1.807) is 0 Å². The molecule has 0 aliphatic carbocycles. The van der Waals surface area contributed by atoms with Crippen molar-refractivity contribution in [2.75, 3.05) is 26.4 Å². The molecule has 8 nitrogen and oxygen atoms in total. The first-order valence-electron chi connectivity index (χ1n) is 22.8. The Morgan fingerprint density at radius 1 is 0.536 bits per heavy atom. The number of aliphatic hydroxyl groups excluding tert-OH is 1. The molecule has 0 bridgehead atoms. The fourth-order valence-electron chi connectivity index (χ4n) is 6.31. The lowest BCUT2D eigenvalue weighted by Crippen LogP contribution is -2.23. The van der Waals surface area contributed by atoms with Gasteiger partial charge in [0.15, 0.2) is 0 Å². The summed E-state index contributed by atoms with van der Waals surface area (Å²) in [5.74, 6) is -0.382. The molecule has 4 N–H and O–H groups in total. The normalized spacial score (nSPS) is 14.0. The number of carbonyl (C=O) groups is 1. The molecule has 0 rings (SSSR count). The number of phosphoric ester groups is 1. The van der Waals surface area contributed by atoms with Gasteiger partial charge in [0.25, 0.3) is 0 Å². The minimum atomic E-state index is -4.25. The first-order valence-corrected chi connectivity index (χ1v) is 24.3. The Kier molecular flexibility index (Phi) is 42.9. The van der Waals surface area contributed by atoms with Crippen molar-refractivity contribution in [3.8, 4) is 0 Å². The Morgan fingerprint density at radius 3 is 1.29 bits per heavy atom. The van der Waals surface area contributed by atoms with Crippen LogP contribution in [0.15, 0.2) is 60.8 Å². The molecule has 2 atom stereocenters. The van der Waals surface area contributed by atoms with Crippen LogP contribution in [0.25, 0.3) is 0 Å². The number of phosphoric acid groups is 1. The fraction of sp³-hybridized carbons (Fsp3) is 0.766. The van der Waals surface area contributed by atoms with Crippen molar-refractivity contribution in [1.82, 2.24) is 0 Å². The Hall–Kier alpha value is -1.80. The van der Waals surface area contributed by atoms with E-state index in [0.29, 0.717) is 6.42 Å². The Bertz CT molecular complexity index is 1040. The predicted molar refractivity (Wildman–Crippen MR) is 238 cm³/mol. The molecule has 0 aliphatic heterocycles. The number of carbonyl (C=O) groups excluding carboxylic acids is 1. The third kappa shape index (κ3) is 44.9. The summed E-state index contributed by atoms with van der Waals surface area (Å²) >= 11 is 0. The summed E-state index contributed by atoms with van der Waals surface area (Å²) in [5, 5.41) is 9.78. The molecular formula is C47H86NO7P. The van der Waals surface area contributed by atoms with Gasteiger partial charge in [-0.15, -0.1) is 0 Å². The zero-order valence-corrected chi connectivity index (χ0v) is 36.7. The van der Waals surface area contributed by atoms with Gasteiger partial charge < -0.3 is 20.5 Å². The van der Waals surface area contributed by atoms with Crippen LogP contribution in [0.5, 0.6) is 0 Å². The van der Waals surface area contributed by atoms with Crippen molar-refractivity contribution in [3.05, 3.63) is 60.8 Å². The number of rotatable bonds is 43. The molecule has 0 saturated carbocycles. The quantitative estimate of drug-likeness (QED) is 0.0240. The van der Waals surface area contributed by atoms with E-state index in [-0.39, 0.29) is 25.7 Å². The summed E-state index contributed by atoms with van der Waals surface area (Å²) in [6.45, 7) is 1.36. The lowest BCUT2D eigenvalue weighted by Gasteiger charge is -2.15. The number of hydrogen-bond donors (Lipinski definition) is 3. The van der Waals surface area contributed by atoms with Crippen molar-refractivity contribution >= 4 is 13.8 Å². The van der Waals surface area contributed by atoms with Crippen molar-refractivity contribution in [2.45, 2.75) is 206 Å². The van der Waals surface area contributed by atoms with Crippen molar-refractivity contribution in [1.29, 1.82) is 0 Å². The molecule has 0 aliphatic rings. The average molecular weight is 808 g/mol. The lowest BCUT2D eigenvalue weighted by molar-refractivity contribution is -0.147. The van der Waals surface area contributed by atoms with Crippen LogP contribution in [0, 0.1) is 0 Å². The molecule has 0 fully saturated rings. The predicted octanol–water partition coefficient (Wildman–Crippen LogP) is 13.5. The molecule has 326 valence electrons. The maximum Gasteiger partial charge on any atom is 0.472 e. The van der Waals surface area contributed by atoms with Gasteiger partial charge in [-0.3, -0.25) is 13.8 Å². The van der Waals surface area contributed by atoms with Gasteiger partial charge >= 0.3 is 13.8 Å². The van der Waals surface area contributed by atoms with E-state index in [9.17, 15) is 19.4 Å². The molecule has 0 heterocycles. The second kappa shape index (κ2) is 44.3. The topological polar surface area (TPSA) is 128 Å². The molecule has 0 aromatic heterocycles. The maximum absolute atomic E-state index is 11.9. The summed E-state index contributed by atoms with van der Waals surface area (Å²) in [4.78, 5) is 21.3. The highest BCUT2D eigenvalue weighted by molar-refractivity contribution is 7.47. The van der Waals surface area contributed by atoms with E-state index in [1.165, 1.54) is 135 Å². The smallest absolute Gasteiger partial charge is 0.463 e. The lowest BCUT2D eigenvalue weighted by atomic mass is 10.0. The summed E-state index contributed by atoms with van der Waals surface area (Å²) in [6, 6.07) is 0. The van der Waals surface area contributed by atoms with Crippen LogP contribution in [0.1, 0.15) is 200 Å². The molecular weight excluding hydrogens is 721 g/mol. The van der Waals surface area contributed by atoms with E-state index in [1.807, 2.05) is 0 Å². The molecule has 0 radical (unpaired) electrons. The minimum absolute atomic E-state index is 0.0744. The zero-order chi connectivity index (χ0) is 40.9. The third-order valence-corrected chi connectivity index (χ3v) is 10.6. The SMILES string of the molecule is CC/C=C\C/C=C\C/C=C\C/C=C\C/C=C\CCCCCCCCCCCCCCCCCCCCCCCCCC(=O)OCC(O)COP(=O)(O)OCCN. The molecule has 0 aromatic carbocycles. The number of nitrogens with two attached hydrogens (primary N) is 1. The van der Waals surface area contributed by atoms with Gasteiger partial charge in [0.2, 0.25) is 0 Å². The Morgan fingerprint density at radius 2 is 0.893 bits per heavy atom. The van der Waals surface area contributed by atoms with E-state index in [0.717, 1.165) is 51.4 Å². The van der Waals surface area contributed by atoms with Gasteiger partial charge in [-0.2, -0.15) is 0 Å². The van der Waals surface area contributed by atoms with Crippen molar-refractivity contribution in [3.63, 3.8) is 0 Å². The van der Waals surface area contributed by atoms with Crippen molar-refractivity contribution < 1.29 is 33.1 Å². The molecule has 56 heavy (non-hydrogen) atoms. The average Bonchev–Trinajstić information content (AvgIpc) is 3.19. The molecule has 0 amide bonds. The van der Waals surface area contributed by atoms with Crippen LogP contribution in [0.3, 0.4) is 0 Å². The van der Waals surface area contributed by atoms with Gasteiger partial charge in [-0.25, -0.2) is 4.57 Å². The largest absolute Gasteiger partial charge is 0.472 e. The minimum Gasteiger partial charge on any atom is -0.463 e. The van der Waals surface area contributed by atoms with Gasteiger partial charge in [-0.05, 0) is 51.4 Å². The molecule has 2 unspecified atom stereocenters. The van der Waals surface area contributed by atoms with Crippen LogP contribution < -0.4 is 5.73 Å². The number of hydrogen-bond acceptors (Lipinski definition) is 7. The number of esters is 1. The summed E-state index contributed by atoms with van der Waals surface area (Å²) in [5.41, 5.74) is 5.21. The number of ether oxygens (including phenoxy) is 1. The highest BCUT2D eigenvalue weighted by atomic mass is 31.2. The standard InChI is InChI=1S/C47H86NO7P/c1-2-3-4-5-6-7-8-9-10-11-12-13-14-15-16-17-18-19-20-21-22-23-24-25-26-27-28-29-30-31-32-33-34-35-36-37-38-39-40-41-47(50)53-44-46(49)45-55-56(51,52)54-43-42-48/h3-4,6-7,9-10,12-13,15-16,46,49H,2,5,8,11,14,17-45,48H2,1H3,(H,51,52)/b4-3-,7-6-,10-9-,13-12-,16-15-. The zero-order valence-electron chi connectivity index (χ0n) is 35.9. The number of unbranched alkanes of at least 4 members (excludes halogenated alkanes) is 23.